The molecule has 0 unspecified atom stereocenters. The van der Waals surface area contributed by atoms with Gasteiger partial charge in [0.05, 0.1) is 5.69 Å². The SMILES string of the molecule is CC1(C)CCN2CCC(C)(C)c3c(O)c(C=Nc4ccc(Cl)cc4)cc1c32. The molecule has 0 aromatic heterocycles. The molecule has 0 atom stereocenters. The summed E-state index contributed by atoms with van der Waals surface area (Å²) in [7, 11) is 0. The number of anilines is 1. The quantitative estimate of drug-likeness (QED) is 0.650. The van der Waals surface area contributed by atoms with Crippen molar-refractivity contribution in [3.8, 4) is 5.75 Å². The minimum atomic E-state index is -0.0534. The highest BCUT2D eigenvalue weighted by molar-refractivity contribution is 6.30. The van der Waals surface area contributed by atoms with Gasteiger partial charge in [0.15, 0.2) is 0 Å². The molecule has 0 bridgehead atoms. The third-order valence-corrected chi connectivity index (χ3v) is 6.47. The number of hydrogen-bond donors (Lipinski definition) is 1. The van der Waals surface area contributed by atoms with E-state index in [4.69, 9.17) is 11.6 Å². The third-order valence-electron chi connectivity index (χ3n) is 6.22. The van der Waals surface area contributed by atoms with E-state index in [-0.39, 0.29) is 10.8 Å². The average molecular weight is 383 g/mol. The predicted molar refractivity (Wildman–Crippen MR) is 114 cm³/mol. The van der Waals surface area contributed by atoms with Crippen molar-refractivity contribution in [2.24, 2.45) is 4.99 Å². The van der Waals surface area contributed by atoms with Crippen LogP contribution in [0.15, 0.2) is 35.3 Å². The molecule has 0 saturated carbocycles. The van der Waals surface area contributed by atoms with Crippen LogP contribution in [-0.2, 0) is 10.8 Å². The Morgan fingerprint density at radius 2 is 1.67 bits per heavy atom. The first-order valence-corrected chi connectivity index (χ1v) is 10.0. The highest BCUT2D eigenvalue weighted by Gasteiger charge is 2.42. The topological polar surface area (TPSA) is 35.8 Å². The van der Waals surface area contributed by atoms with E-state index in [0.29, 0.717) is 10.8 Å². The standard InChI is InChI=1S/C23H27ClN2O/c1-22(2)9-11-26-12-10-23(3,4)19-20(26)18(22)13-15(21(19)27)14-25-17-7-5-16(24)6-8-17/h5-8,13-14,27H,9-12H2,1-4H3. The van der Waals surface area contributed by atoms with Crippen molar-refractivity contribution in [2.75, 3.05) is 18.0 Å². The van der Waals surface area contributed by atoms with E-state index in [1.165, 1.54) is 11.3 Å². The number of benzene rings is 2. The molecular formula is C23H27ClN2O. The summed E-state index contributed by atoms with van der Waals surface area (Å²) < 4.78 is 0. The Labute approximate surface area is 166 Å². The largest absolute Gasteiger partial charge is 0.507 e. The first-order valence-electron chi connectivity index (χ1n) is 9.64. The number of rotatable bonds is 2. The third kappa shape index (κ3) is 3.12. The summed E-state index contributed by atoms with van der Waals surface area (Å²) in [4.78, 5) is 7.04. The minimum Gasteiger partial charge on any atom is -0.507 e. The number of phenols is 1. The summed E-state index contributed by atoms with van der Waals surface area (Å²) in [6, 6.07) is 9.56. The van der Waals surface area contributed by atoms with Crippen molar-refractivity contribution >= 4 is 29.2 Å². The second-order valence-corrected chi connectivity index (χ2v) is 9.51. The fourth-order valence-electron chi connectivity index (χ4n) is 4.36. The molecule has 0 saturated heterocycles. The first-order chi connectivity index (χ1) is 12.7. The zero-order chi connectivity index (χ0) is 19.4. The number of aliphatic imine (C=N–C) groups is 1. The Morgan fingerprint density at radius 3 is 2.33 bits per heavy atom. The molecule has 3 nitrogen and oxygen atoms in total. The van der Waals surface area contributed by atoms with Gasteiger partial charge in [-0.3, -0.25) is 4.99 Å². The van der Waals surface area contributed by atoms with E-state index in [2.05, 4.69) is 43.7 Å². The Bertz CT molecular complexity index is 911. The van der Waals surface area contributed by atoms with Crippen LogP contribution in [0.3, 0.4) is 0 Å². The van der Waals surface area contributed by atoms with Crippen molar-refractivity contribution in [2.45, 2.75) is 51.4 Å². The number of halogens is 1. The highest BCUT2D eigenvalue weighted by Crippen LogP contribution is 2.52. The molecular weight excluding hydrogens is 356 g/mol. The van der Waals surface area contributed by atoms with Crippen LogP contribution in [0.2, 0.25) is 5.02 Å². The fraction of sp³-hybridized carbons (Fsp3) is 0.435. The van der Waals surface area contributed by atoms with Crippen molar-refractivity contribution in [3.05, 3.63) is 52.0 Å². The molecule has 2 aliphatic heterocycles. The molecule has 2 aliphatic rings. The maximum Gasteiger partial charge on any atom is 0.130 e. The van der Waals surface area contributed by atoms with Gasteiger partial charge >= 0.3 is 0 Å². The van der Waals surface area contributed by atoms with Crippen molar-refractivity contribution in [1.29, 1.82) is 0 Å². The Hall–Kier alpha value is -2.00. The van der Waals surface area contributed by atoms with Gasteiger partial charge in [-0.1, -0.05) is 39.3 Å². The monoisotopic (exact) mass is 382 g/mol. The molecule has 0 aliphatic carbocycles. The normalized spacial score (nSPS) is 20.0. The minimum absolute atomic E-state index is 0.0534. The summed E-state index contributed by atoms with van der Waals surface area (Å²) in [5.74, 6) is 0.374. The number of aromatic hydroxyl groups is 1. The van der Waals surface area contributed by atoms with E-state index in [1.807, 2.05) is 24.3 Å². The summed E-state index contributed by atoms with van der Waals surface area (Å²) in [6.07, 6.45) is 3.96. The molecule has 0 radical (unpaired) electrons. The van der Waals surface area contributed by atoms with Crippen LogP contribution in [0.5, 0.6) is 5.75 Å². The number of phenolic OH excluding ortho intramolecular Hbond substituents is 1. The van der Waals surface area contributed by atoms with Gasteiger partial charge in [-0.15, -0.1) is 0 Å². The molecule has 142 valence electrons. The van der Waals surface area contributed by atoms with Gasteiger partial charge in [0.2, 0.25) is 0 Å². The number of nitrogens with zero attached hydrogens (tertiary/aromatic N) is 2. The summed E-state index contributed by atoms with van der Waals surface area (Å²) in [6.45, 7) is 11.2. The summed E-state index contributed by atoms with van der Waals surface area (Å²) >= 11 is 5.96. The van der Waals surface area contributed by atoms with E-state index in [0.717, 1.165) is 42.7 Å². The summed E-state index contributed by atoms with van der Waals surface area (Å²) in [5, 5.41) is 11.9. The molecule has 1 N–H and O–H groups in total. The predicted octanol–water partition coefficient (Wildman–Crippen LogP) is 5.97. The van der Waals surface area contributed by atoms with Crippen LogP contribution < -0.4 is 4.90 Å². The molecule has 0 spiro atoms. The molecule has 2 aromatic rings. The Morgan fingerprint density at radius 1 is 1.04 bits per heavy atom. The Kier molecular flexibility index (Phi) is 4.27. The van der Waals surface area contributed by atoms with Gasteiger partial charge in [0.25, 0.3) is 0 Å². The van der Waals surface area contributed by atoms with Crippen LogP contribution in [0, 0.1) is 0 Å². The lowest BCUT2D eigenvalue weighted by Gasteiger charge is -2.48. The lowest BCUT2D eigenvalue weighted by Crippen LogP contribution is -2.44. The molecule has 2 heterocycles. The van der Waals surface area contributed by atoms with Crippen LogP contribution in [0.1, 0.15) is 57.2 Å². The highest BCUT2D eigenvalue weighted by atomic mass is 35.5. The maximum absolute atomic E-state index is 11.2. The van der Waals surface area contributed by atoms with Gasteiger partial charge in [0, 0.05) is 41.1 Å². The molecule has 0 fully saturated rings. The second kappa shape index (κ2) is 6.27. The average Bonchev–Trinajstić information content (AvgIpc) is 2.60. The molecule has 4 heteroatoms. The van der Waals surface area contributed by atoms with Crippen LogP contribution >= 0.6 is 11.6 Å². The van der Waals surface area contributed by atoms with E-state index >= 15 is 0 Å². The maximum atomic E-state index is 11.2. The molecule has 2 aromatic carbocycles. The van der Waals surface area contributed by atoms with Crippen molar-refractivity contribution in [3.63, 3.8) is 0 Å². The summed E-state index contributed by atoms with van der Waals surface area (Å²) in [5.41, 5.74) is 5.31. The molecule has 27 heavy (non-hydrogen) atoms. The van der Waals surface area contributed by atoms with Crippen LogP contribution in [0.4, 0.5) is 11.4 Å². The van der Waals surface area contributed by atoms with Crippen molar-refractivity contribution < 1.29 is 5.11 Å². The zero-order valence-electron chi connectivity index (χ0n) is 16.5. The molecule has 0 amide bonds. The van der Waals surface area contributed by atoms with Crippen LogP contribution in [-0.4, -0.2) is 24.4 Å². The number of hydrogen-bond acceptors (Lipinski definition) is 3. The molecule has 4 rings (SSSR count). The second-order valence-electron chi connectivity index (χ2n) is 9.07. The van der Waals surface area contributed by atoms with Gasteiger partial charge < -0.3 is 10.0 Å². The van der Waals surface area contributed by atoms with E-state index in [9.17, 15) is 5.11 Å². The lowest BCUT2D eigenvalue weighted by atomic mass is 9.69. The van der Waals surface area contributed by atoms with E-state index < -0.39 is 0 Å². The lowest BCUT2D eigenvalue weighted by molar-refractivity contribution is 0.378. The van der Waals surface area contributed by atoms with Gasteiger partial charge in [-0.05, 0) is 59.6 Å². The van der Waals surface area contributed by atoms with E-state index in [1.54, 1.807) is 6.21 Å². The van der Waals surface area contributed by atoms with Gasteiger partial charge in [-0.2, -0.15) is 0 Å². The van der Waals surface area contributed by atoms with Gasteiger partial charge in [0.1, 0.15) is 5.75 Å². The fourth-order valence-corrected chi connectivity index (χ4v) is 4.49. The van der Waals surface area contributed by atoms with Crippen LogP contribution in [0.25, 0.3) is 0 Å². The smallest absolute Gasteiger partial charge is 0.130 e. The Balaban J connectivity index is 1.88. The van der Waals surface area contributed by atoms with Gasteiger partial charge in [-0.25, -0.2) is 0 Å². The van der Waals surface area contributed by atoms with Crippen molar-refractivity contribution in [1.82, 2.24) is 0 Å². The zero-order valence-corrected chi connectivity index (χ0v) is 17.3. The first kappa shape index (κ1) is 18.4.